The van der Waals surface area contributed by atoms with Gasteiger partial charge in [-0.1, -0.05) is 12.8 Å². The molecule has 3 aliphatic rings. The third kappa shape index (κ3) is 3.73. The predicted octanol–water partition coefficient (Wildman–Crippen LogP) is 1.79. The fourth-order valence-electron chi connectivity index (χ4n) is 3.94. The van der Waals surface area contributed by atoms with E-state index in [1.54, 1.807) is 0 Å². The number of nitrogens with one attached hydrogen (secondary N) is 1. The van der Waals surface area contributed by atoms with Gasteiger partial charge in [-0.3, -0.25) is 4.79 Å². The summed E-state index contributed by atoms with van der Waals surface area (Å²) < 4.78 is 5.41. The smallest absolute Gasteiger partial charge is 0.225 e. The average molecular weight is 280 g/mol. The molecule has 0 spiro atoms. The highest BCUT2D eigenvalue weighted by molar-refractivity contribution is 5.79. The summed E-state index contributed by atoms with van der Waals surface area (Å²) >= 11 is 0. The maximum absolute atomic E-state index is 12.2. The van der Waals surface area contributed by atoms with Crippen LogP contribution >= 0.6 is 0 Å². The van der Waals surface area contributed by atoms with Crippen LogP contribution < -0.4 is 5.32 Å². The molecule has 4 nitrogen and oxygen atoms in total. The van der Waals surface area contributed by atoms with E-state index in [1.807, 2.05) is 0 Å². The van der Waals surface area contributed by atoms with Crippen LogP contribution in [0.25, 0.3) is 0 Å². The topological polar surface area (TPSA) is 41.6 Å². The minimum atomic E-state index is 0.0904. The fourth-order valence-corrected chi connectivity index (χ4v) is 3.94. The van der Waals surface area contributed by atoms with Gasteiger partial charge >= 0.3 is 0 Å². The second-order valence-corrected chi connectivity index (χ2v) is 6.82. The van der Waals surface area contributed by atoms with E-state index in [2.05, 4.69) is 10.2 Å². The van der Waals surface area contributed by atoms with E-state index < -0.39 is 0 Å². The summed E-state index contributed by atoms with van der Waals surface area (Å²) in [6.45, 7) is 4.89. The van der Waals surface area contributed by atoms with E-state index in [9.17, 15) is 4.79 Å². The van der Waals surface area contributed by atoms with Crippen molar-refractivity contribution in [3.05, 3.63) is 0 Å². The Hall–Kier alpha value is -0.610. The Morgan fingerprint density at radius 3 is 2.75 bits per heavy atom. The van der Waals surface area contributed by atoms with Crippen LogP contribution in [0.2, 0.25) is 0 Å². The summed E-state index contributed by atoms with van der Waals surface area (Å²) in [5.41, 5.74) is 0. The van der Waals surface area contributed by atoms with E-state index in [0.717, 1.165) is 44.9 Å². The Kier molecular flexibility index (Phi) is 4.94. The SMILES string of the molecule is O=C(N[C@@H]1CCN(CC2CCCC2)C1)[C@H]1CCCOC1. The van der Waals surface area contributed by atoms with Crippen molar-refractivity contribution in [2.75, 3.05) is 32.8 Å². The highest BCUT2D eigenvalue weighted by Gasteiger charge is 2.29. The maximum Gasteiger partial charge on any atom is 0.225 e. The van der Waals surface area contributed by atoms with Crippen molar-refractivity contribution in [1.82, 2.24) is 10.2 Å². The zero-order valence-electron chi connectivity index (χ0n) is 12.5. The Balaban J connectivity index is 1.39. The Morgan fingerprint density at radius 1 is 1.15 bits per heavy atom. The monoisotopic (exact) mass is 280 g/mol. The largest absolute Gasteiger partial charge is 0.381 e. The summed E-state index contributed by atoms with van der Waals surface area (Å²) in [6, 6.07) is 0.367. The quantitative estimate of drug-likeness (QED) is 0.853. The first-order chi connectivity index (χ1) is 9.81. The van der Waals surface area contributed by atoms with Crippen molar-refractivity contribution in [3.8, 4) is 0 Å². The van der Waals surface area contributed by atoms with Gasteiger partial charge in [-0.05, 0) is 38.0 Å². The molecule has 1 saturated carbocycles. The molecule has 114 valence electrons. The van der Waals surface area contributed by atoms with Gasteiger partial charge < -0.3 is 15.0 Å². The molecular weight excluding hydrogens is 252 g/mol. The normalized spacial score (nSPS) is 32.6. The van der Waals surface area contributed by atoms with Crippen molar-refractivity contribution in [2.45, 2.75) is 51.0 Å². The minimum absolute atomic E-state index is 0.0904. The van der Waals surface area contributed by atoms with Crippen LogP contribution in [0.1, 0.15) is 44.9 Å². The minimum Gasteiger partial charge on any atom is -0.381 e. The van der Waals surface area contributed by atoms with Crippen LogP contribution in [-0.2, 0) is 9.53 Å². The number of hydrogen-bond acceptors (Lipinski definition) is 3. The first-order valence-electron chi connectivity index (χ1n) is 8.42. The number of nitrogens with zero attached hydrogens (tertiary/aromatic N) is 1. The molecule has 4 heteroatoms. The lowest BCUT2D eigenvalue weighted by molar-refractivity contribution is -0.129. The van der Waals surface area contributed by atoms with E-state index >= 15 is 0 Å². The Labute approximate surface area is 122 Å². The molecule has 2 heterocycles. The molecule has 2 aliphatic heterocycles. The van der Waals surface area contributed by atoms with E-state index in [-0.39, 0.29) is 11.8 Å². The van der Waals surface area contributed by atoms with Gasteiger partial charge in [0.15, 0.2) is 0 Å². The van der Waals surface area contributed by atoms with E-state index in [4.69, 9.17) is 4.74 Å². The molecule has 1 aliphatic carbocycles. The number of likely N-dealkylation sites (tertiary alicyclic amines) is 1. The van der Waals surface area contributed by atoms with Gasteiger partial charge in [0.1, 0.15) is 0 Å². The summed E-state index contributed by atoms with van der Waals surface area (Å²) in [5.74, 6) is 1.22. The second kappa shape index (κ2) is 6.90. The van der Waals surface area contributed by atoms with Crippen molar-refractivity contribution >= 4 is 5.91 Å². The molecule has 0 aromatic rings. The van der Waals surface area contributed by atoms with Crippen LogP contribution in [0.3, 0.4) is 0 Å². The Bertz CT molecular complexity index is 322. The van der Waals surface area contributed by atoms with E-state index in [0.29, 0.717) is 12.6 Å². The number of hydrogen-bond donors (Lipinski definition) is 1. The van der Waals surface area contributed by atoms with Gasteiger partial charge in [0.05, 0.1) is 12.5 Å². The summed E-state index contributed by atoms with van der Waals surface area (Å²) in [6.07, 6.45) is 8.79. The average Bonchev–Trinajstić information content (AvgIpc) is 3.12. The third-order valence-corrected chi connectivity index (χ3v) is 5.14. The van der Waals surface area contributed by atoms with Crippen molar-refractivity contribution < 1.29 is 9.53 Å². The molecular formula is C16H28N2O2. The number of ether oxygens (including phenoxy) is 1. The zero-order valence-corrected chi connectivity index (χ0v) is 12.5. The lowest BCUT2D eigenvalue weighted by Crippen LogP contribution is -2.43. The van der Waals surface area contributed by atoms with Crippen LogP contribution in [0.5, 0.6) is 0 Å². The van der Waals surface area contributed by atoms with Gasteiger partial charge in [-0.2, -0.15) is 0 Å². The first-order valence-corrected chi connectivity index (χ1v) is 8.42. The van der Waals surface area contributed by atoms with Gasteiger partial charge in [-0.25, -0.2) is 0 Å². The fraction of sp³-hybridized carbons (Fsp3) is 0.938. The lowest BCUT2D eigenvalue weighted by atomic mass is 10.0. The molecule has 3 rings (SSSR count). The highest BCUT2D eigenvalue weighted by atomic mass is 16.5. The number of amides is 1. The highest BCUT2D eigenvalue weighted by Crippen LogP contribution is 2.26. The molecule has 2 saturated heterocycles. The molecule has 1 N–H and O–H groups in total. The van der Waals surface area contributed by atoms with Gasteiger partial charge in [-0.15, -0.1) is 0 Å². The number of carbonyl (C=O) groups excluding carboxylic acids is 1. The summed E-state index contributed by atoms with van der Waals surface area (Å²) in [4.78, 5) is 14.7. The summed E-state index contributed by atoms with van der Waals surface area (Å²) in [7, 11) is 0. The lowest BCUT2D eigenvalue weighted by Gasteiger charge is -2.24. The van der Waals surface area contributed by atoms with Crippen molar-refractivity contribution in [1.29, 1.82) is 0 Å². The van der Waals surface area contributed by atoms with Crippen molar-refractivity contribution in [3.63, 3.8) is 0 Å². The molecule has 0 aromatic heterocycles. The van der Waals surface area contributed by atoms with Gasteiger partial charge in [0.25, 0.3) is 0 Å². The summed E-state index contributed by atoms with van der Waals surface area (Å²) in [5, 5.41) is 3.24. The third-order valence-electron chi connectivity index (χ3n) is 5.14. The molecule has 2 atom stereocenters. The molecule has 20 heavy (non-hydrogen) atoms. The van der Waals surface area contributed by atoms with Crippen molar-refractivity contribution in [2.24, 2.45) is 11.8 Å². The van der Waals surface area contributed by atoms with Gasteiger partial charge in [0.2, 0.25) is 5.91 Å². The van der Waals surface area contributed by atoms with Gasteiger partial charge in [0, 0.05) is 32.3 Å². The van der Waals surface area contributed by atoms with Crippen LogP contribution in [0.4, 0.5) is 0 Å². The molecule has 0 radical (unpaired) electrons. The maximum atomic E-state index is 12.2. The van der Waals surface area contributed by atoms with E-state index in [1.165, 1.54) is 32.2 Å². The van der Waals surface area contributed by atoms with Crippen LogP contribution in [-0.4, -0.2) is 49.7 Å². The molecule has 3 fully saturated rings. The molecule has 0 unspecified atom stereocenters. The standard InChI is InChI=1S/C16H28N2O2/c19-16(14-6-3-9-20-12-14)17-15-7-8-18(11-15)10-13-4-1-2-5-13/h13-15H,1-12H2,(H,17,19)/t14-,15+/m0/s1. The second-order valence-electron chi connectivity index (χ2n) is 6.82. The van der Waals surface area contributed by atoms with Crippen LogP contribution in [0, 0.1) is 11.8 Å². The first kappa shape index (κ1) is 14.3. The predicted molar refractivity (Wildman–Crippen MR) is 78.5 cm³/mol. The van der Waals surface area contributed by atoms with Crippen LogP contribution in [0.15, 0.2) is 0 Å². The Morgan fingerprint density at radius 2 is 2.00 bits per heavy atom. The molecule has 0 bridgehead atoms. The zero-order chi connectivity index (χ0) is 13.8. The number of carbonyl (C=O) groups is 1. The molecule has 0 aromatic carbocycles. The number of rotatable bonds is 4. The molecule has 1 amide bonds.